The molecule has 1 rings (SSSR count). The molecule has 4 atom stereocenters. The first-order valence-corrected chi connectivity index (χ1v) is 4.26. The van der Waals surface area contributed by atoms with Crippen molar-refractivity contribution in [3.05, 3.63) is 0 Å². The van der Waals surface area contributed by atoms with Gasteiger partial charge in [0, 0.05) is 11.8 Å². The minimum Gasteiger partial charge on any atom is -0.206 e. The lowest BCUT2D eigenvalue weighted by Gasteiger charge is -2.20. The molecule has 0 N–H and O–H groups in total. The van der Waals surface area contributed by atoms with Crippen LogP contribution in [0.5, 0.6) is 0 Å². The summed E-state index contributed by atoms with van der Waals surface area (Å²) < 4.78 is 26.5. The van der Waals surface area contributed by atoms with Crippen LogP contribution in [0.2, 0.25) is 0 Å². The first kappa shape index (κ1) is 8.95. The minimum atomic E-state index is -2.45. The van der Waals surface area contributed by atoms with E-state index in [0.29, 0.717) is 0 Å². The van der Waals surface area contributed by atoms with E-state index in [1.165, 1.54) is 0 Å². The molecule has 0 bridgehead atoms. The number of alkyl halides is 2. The Morgan fingerprint density at radius 1 is 0.818 bits per heavy atom. The van der Waals surface area contributed by atoms with Crippen LogP contribution in [0.25, 0.3) is 0 Å². The van der Waals surface area contributed by atoms with Crippen molar-refractivity contribution in [1.29, 1.82) is 0 Å². The number of rotatable bonds is 0. The van der Waals surface area contributed by atoms with Crippen molar-refractivity contribution in [2.24, 2.45) is 23.7 Å². The van der Waals surface area contributed by atoms with Crippen molar-refractivity contribution in [3.63, 3.8) is 0 Å². The van der Waals surface area contributed by atoms with Crippen LogP contribution in [-0.2, 0) is 0 Å². The SMILES string of the molecule is CC1C(C)C(C)C(F)(F)C1C. The molecule has 0 aromatic rings. The van der Waals surface area contributed by atoms with Crippen LogP contribution in [0.1, 0.15) is 27.7 Å². The minimum absolute atomic E-state index is 0.153. The van der Waals surface area contributed by atoms with Crippen LogP contribution in [0.4, 0.5) is 8.78 Å². The van der Waals surface area contributed by atoms with Gasteiger partial charge in [-0.15, -0.1) is 0 Å². The molecule has 4 unspecified atom stereocenters. The Hall–Kier alpha value is -0.140. The summed E-state index contributed by atoms with van der Waals surface area (Å²) >= 11 is 0. The Labute approximate surface area is 67.0 Å². The van der Waals surface area contributed by atoms with E-state index in [1.807, 2.05) is 13.8 Å². The van der Waals surface area contributed by atoms with Gasteiger partial charge in [0.15, 0.2) is 0 Å². The normalized spacial score (nSPS) is 49.6. The molecule has 0 radical (unpaired) electrons. The quantitative estimate of drug-likeness (QED) is 0.513. The van der Waals surface area contributed by atoms with E-state index in [2.05, 4.69) is 0 Å². The molecule has 0 saturated heterocycles. The Balaban J connectivity index is 2.87. The van der Waals surface area contributed by atoms with Gasteiger partial charge in [0.05, 0.1) is 0 Å². The molecule has 1 fully saturated rings. The average Bonchev–Trinajstić information content (AvgIpc) is 2.06. The highest BCUT2D eigenvalue weighted by Crippen LogP contribution is 2.51. The van der Waals surface area contributed by atoms with Crippen molar-refractivity contribution < 1.29 is 8.78 Å². The summed E-state index contributed by atoms with van der Waals surface area (Å²) in [6.07, 6.45) is 0. The van der Waals surface area contributed by atoms with Crippen molar-refractivity contribution in [2.45, 2.75) is 33.6 Å². The summed E-state index contributed by atoms with van der Waals surface area (Å²) in [4.78, 5) is 0. The molecular weight excluding hydrogens is 146 g/mol. The van der Waals surface area contributed by atoms with E-state index in [9.17, 15) is 8.78 Å². The summed E-state index contributed by atoms with van der Waals surface area (Å²) in [6, 6.07) is 0. The highest BCUT2D eigenvalue weighted by Gasteiger charge is 2.54. The van der Waals surface area contributed by atoms with Crippen LogP contribution in [0.3, 0.4) is 0 Å². The molecule has 1 aliphatic rings. The molecule has 0 heterocycles. The van der Waals surface area contributed by atoms with Crippen molar-refractivity contribution in [2.75, 3.05) is 0 Å². The summed E-state index contributed by atoms with van der Waals surface area (Å²) in [5.41, 5.74) is 0. The van der Waals surface area contributed by atoms with E-state index < -0.39 is 17.8 Å². The van der Waals surface area contributed by atoms with Crippen molar-refractivity contribution in [3.8, 4) is 0 Å². The summed E-state index contributed by atoms with van der Waals surface area (Å²) in [5, 5.41) is 0. The van der Waals surface area contributed by atoms with Crippen molar-refractivity contribution in [1.82, 2.24) is 0 Å². The molecule has 1 saturated carbocycles. The molecular formula is C9H16F2. The van der Waals surface area contributed by atoms with Crippen LogP contribution in [0.15, 0.2) is 0 Å². The van der Waals surface area contributed by atoms with Gasteiger partial charge in [-0.3, -0.25) is 0 Å². The van der Waals surface area contributed by atoms with Crippen LogP contribution >= 0.6 is 0 Å². The van der Waals surface area contributed by atoms with Gasteiger partial charge in [0.2, 0.25) is 0 Å². The monoisotopic (exact) mass is 162 g/mol. The second kappa shape index (κ2) is 2.43. The van der Waals surface area contributed by atoms with E-state index in [4.69, 9.17) is 0 Å². The smallest absolute Gasteiger partial charge is 0.206 e. The summed E-state index contributed by atoms with van der Waals surface area (Å²) in [6.45, 7) is 7.16. The van der Waals surface area contributed by atoms with Gasteiger partial charge >= 0.3 is 0 Å². The first-order chi connectivity index (χ1) is 4.89. The standard InChI is InChI=1S/C9H16F2/c1-5-6(2)8(4)9(10,11)7(5)3/h5-8H,1-4H3. The Bertz CT molecular complexity index is 138. The van der Waals surface area contributed by atoms with Gasteiger partial charge in [0.1, 0.15) is 0 Å². The van der Waals surface area contributed by atoms with Crippen molar-refractivity contribution >= 4 is 0 Å². The number of hydrogen-bond donors (Lipinski definition) is 0. The van der Waals surface area contributed by atoms with Crippen LogP contribution in [-0.4, -0.2) is 5.92 Å². The highest BCUT2D eigenvalue weighted by atomic mass is 19.3. The van der Waals surface area contributed by atoms with E-state index >= 15 is 0 Å². The van der Waals surface area contributed by atoms with Gasteiger partial charge in [0.25, 0.3) is 5.92 Å². The second-order valence-corrected chi connectivity index (χ2v) is 3.97. The molecule has 1 aliphatic carbocycles. The van der Waals surface area contributed by atoms with Crippen LogP contribution < -0.4 is 0 Å². The fourth-order valence-corrected chi connectivity index (χ4v) is 2.03. The predicted octanol–water partition coefficient (Wildman–Crippen LogP) is 3.18. The molecule has 11 heavy (non-hydrogen) atoms. The Morgan fingerprint density at radius 2 is 1.09 bits per heavy atom. The van der Waals surface area contributed by atoms with E-state index in [1.54, 1.807) is 13.8 Å². The topological polar surface area (TPSA) is 0 Å². The maximum Gasteiger partial charge on any atom is 0.253 e. The van der Waals surface area contributed by atoms with Gasteiger partial charge in [-0.1, -0.05) is 27.7 Å². The highest BCUT2D eigenvalue weighted by molar-refractivity contribution is 4.95. The number of hydrogen-bond acceptors (Lipinski definition) is 0. The molecule has 0 nitrogen and oxygen atoms in total. The van der Waals surface area contributed by atoms with Gasteiger partial charge in [-0.25, -0.2) is 8.78 Å². The predicted molar refractivity (Wildman–Crippen MR) is 41.6 cm³/mol. The molecule has 0 amide bonds. The summed E-state index contributed by atoms with van der Waals surface area (Å²) in [7, 11) is 0. The molecule has 0 aliphatic heterocycles. The van der Waals surface area contributed by atoms with Gasteiger partial charge < -0.3 is 0 Å². The zero-order chi connectivity index (χ0) is 8.81. The van der Waals surface area contributed by atoms with Crippen LogP contribution in [0, 0.1) is 23.7 Å². The number of halogens is 2. The van der Waals surface area contributed by atoms with Gasteiger partial charge in [-0.05, 0) is 11.8 Å². The lowest BCUT2D eigenvalue weighted by Crippen LogP contribution is -2.27. The first-order valence-electron chi connectivity index (χ1n) is 4.26. The zero-order valence-electron chi connectivity index (χ0n) is 7.57. The van der Waals surface area contributed by atoms with E-state index in [0.717, 1.165) is 0 Å². The largest absolute Gasteiger partial charge is 0.253 e. The maximum atomic E-state index is 13.2. The third-order valence-electron chi connectivity index (χ3n) is 3.62. The lowest BCUT2D eigenvalue weighted by molar-refractivity contribution is -0.0723. The van der Waals surface area contributed by atoms with E-state index in [-0.39, 0.29) is 11.8 Å². The third-order valence-corrected chi connectivity index (χ3v) is 3.62. The molecule has 2 heteroatoms. The summed E-state index contributed by atoms with van der Waals surface area (Å²) in [5.74, 6) is -3.04. The molecule has 0 spiro atoms. The van der Waals surface area contributed by atoms with Gasteiger partial charge in [-0.2, -0.15) is 0 Å². The molecule has 66 valence electrons. The Morgan fingerprint density at radius 3 is 1.18 bits per heavy atom. The Kier molecular flexibility index (Phi) is 1.97. The fourth-order valence-electron chi connectivity index (χ4n) is 2.03. The molecule has 0 aromatic heterocycles. The maximum absolute atomic E-state index is 13.2. The average molecular weight is 162 g/mol. The second-order valence-electron chi connectivity index (χ2n) is 3.97. The molecule has 0 aromatic carbocycles. The fraction of sp³-hybridized carbons (Fsp3) is 1.00. The lowest BCUT2D eigenvalue weighted by atomic mass is 9.92. The third kappa shape index (κ3) is 1.07. The zero-order valence-corrected chi connectivity index (χ0v) is 7.57.